The Morgan fingerprint density at radius 2 is 1.46 bits per heavy atom. The van der Waals surface area contributed by atoms with Crippen LogP contribution in [0.4, 0.5) is 0 Å². The summed E-state index contributed by atoms with van der Waals surface area (Å²) in [5.74, 6) is -0.228. The number of ketones is 1. The SMILES string of the molecule is N=C(N)c1ccc(CCC(=O)[C@H](CCC2CCCCC2)NC(=O)[C@@H](CCC2CCN(C(=O)C3CC3)CC2)CS(=O)(=O)Cc2ccccc2)cc1. The molecule has 272 valence electrons. The molecule has 2 aromatic carbocycles. The van der Waals surface area contributed by atoms with E-state index in [9.17, 15) is 22.8 Å². The van der Waals surface area contributed by atoms with Gasteiger partial charge in [0.1, 0.15) is 5.84 Å². The molecule has 0 radical (unpaired) electrons. The van der Waals surface area contributed by atoms with Crippen molar-refractivity contribution in [1.29, 1.82) is 5.41 Å². The van der Waals surface area contributed by atoms with E-state index in [1.165, 1.54) is 19.3 Å². The number of likely N-dealkylation sites (tertiary alicyclic amines) is 1. The van der Waals surface area contributed by atoms with Crippen LogP contribution >= 0.6 is 0 Å². The Morgan fingerprint density at radius 3 is 2.10 bits per heavy atom. The lowest BCUT2D eigenvalue weighted by atomic mass is 9.84. The smallest absolute Gasteiger partial charge is 0.225 e. The van der Waals surface area contributed by atoms with Crippen LogP contribution in [-0.2, 0) is 36.4 Å². The van der Waals surface area contributed by atoms with Gasteiger partial charge in [0.05, 0.1) is 23.5 Å². The summed E-state index contributed by atoms with van der Waals surface area (Å²) < 4.78 is 27.0. The summed E-state index contributed by atoms with van der Waals surface area (Å²) in [6.45, 7) is 1.44. The first-order valence-electron chi connectivity index (χ1n) is 18.9. The molecule has 2 saturated carbocycles. The van der Waals surface area contributed by atoms with Crippen LogP contribution in [0.1, 0.15) is 107 Å². The van der Waals surface area contributed by atoms with Gasteiger partial charge < -0.3 is 16.0 Å². The molecule has 0 bridgehead atoms. The number of rotatable bonds is 18. The summed E-state index contributed by atoms with van der Waals surface area (Å²) in [6.07, 6.45) is 12.9. The molecule has 2 amide bonds. The van der Waals surface area contributed by atoms with Gasteiger partial charge in [-0.15, -0.1) is 0 Å². The van der Waals surface area contributed by atoms with Crippen molar-refractivity contribution in [2.24, 2.45) is 29.4 Å². The van der Waals surface area contributed by atoms with Crippen molar-refractivity contribution in [3.63, 3.8) is 0 Å². The predicted molar refractivity (Wildman–Crippen MR) is 197 cm³/mol. The average molecular weight is 705 g/mol. The van der Waals surface area contributed by atoms with Crippen molar-refractivity contribution in [2.75, 3.05) is 18.8 Å². The molecule has 2 aliphatic carbocycles. The third-order valence-electron chi connectivity index (χ3n) is 11.0. The van der Waals surface area contributed by atoms with Crippen molar-refractivity contribution in [2.45, 2.75) is 108 Å². The van der Waals surface area contributed by atoms with Gasteiger partial charge in [0.15, 0.2) is 15.6 Å². The summed E-state index contributed by atoms with van der Waals surface area (Å²) in [7, 11) is -3.62. The highest BCUT2D eigenvalue weighted by Crippen LogP contribution is 2.34. The normalized spacial score (nSPS) is 18.7. The van der Waals surface area contributed by atoms with Crippen LogP contribution in [0.5, 0.6) is 0 Å². The number of amides is 2. The van der Waals surface area contributed by atoms with E-state index < -0.39 is 21.8 Å². The number of Topliss-reactive ketones (excluding diaryl/α,β-unsaturated/α-hetero) is 1. The largest absolute Gasteiger partial charge is 0.384 e. The lowest BCUT2D eigenvalue weighted by Gasteiger charge is -2.33. The highest BCUT2D eigenvalue weighted by molar-refractivity contribution is 7.90. The van der Waals surface area contributed by atoms with Crippen molar-refractivity contribution in [1.82, 2.24) is 10.2 Å². The zero-order valence-corrected chi connectivity index (χ0v) is 30.3. The maximum absolute atomic E-state index is 14.1. The number of carbonyl (C=O) groups is 3. The van der Waals surface area contributed by atoms with Gasteiger partial charge in [-0.3, -0.25) is 19.8 Å². The number of nitrogens with zero attached hydrogens (tertiary/aromatic N) is 1. The number of amidine groups is 1. The first-order chi connectivity index (χ1) is 24.1. The topological polar surface area (TPSA) is 150 Å². The standard InChI is InChI=1S/C40H56N4O5S/c41-38(42)33-16-11-30(12-17-33)15-22-37(45)36(21-14-29-7-3-1-4-8-29)43-39(46)35(28-50(48,49)27-32-9-5-2-6-10-32)18-13-31-23-25-44(26-24-31)40(47)34-19-20-34/h2,5-6,9-12,16-17,29,31,34-36H,1,3-4,7-8,13-15,18-28H2,(H3,41,42)(H,43,46)/t35-,36-/m0/s1. The second kappa shape index (κ2) is 18.1. The minimum Gasteiger partial charge on any atom is -0.384 e. The van der Waals surface area contributed by atoms with Gasteiger partial charge in [-0.05, 0) is 80.8 Å². The monoisotopic (exact) mass is 704 g/mol. The van der Waals surface area contributed by atoms with E-state index in [1.54, 1.807) is 24.3 Å². The molecule has 4 N–H and O–H groups in total. The summed E-state index contributed by atoms with van der Waals surface area (Å²) in [6, 6.07) is 15.7. The number of aryl methyl sites for hydroxylation is 1. The van der Waals surface area contributed by atoms with E-state index in [0.29, 0.717) is 48.6 Å². The second-order valence-electron chi connectivity index (χ2n) is 15.1. The second-order valence-corrected chi connectivity index (χ2v) is 17.2. The molecule has 5 rings (SSSR count). The fraction of sp³-hybridized carbons (Fsp3) is 0.600. The van der Waals surface area contributed by atoms with Crippen molar-refractivity contribution < 1.29 is 22.8 Å². The molecule has 1 heterocycles. The van der Waals surface area contributed by atoms with E-state index in [2.05, 4.69) is 5.32 Å². The average Bonchev–Trinajstić information content (AvgIpc) is 3.97. The third kappa shape index (κ3) is 11.8. The Kier molecular flexibility index (Phi) is 13.7. The number of benzene rings is 2. The lowest BCUT2D eigenvalue weighted by Crippen LogP contribution is -2.45. The van der Waals surface area contributed by atoms with Gasteiger partial charge in [0.25, 0.3) is 0 Å². The maximum Gasteiger partial charge on any atom is 0.225 e. The molecule has 50 heavy (non-hydrogen) atoms. The highest BCUT2D eigenvalue weighted by atomic mass is 32.2. The Balaban J connectivity index is 1.25. The number of nitrogens with two attached hydrogens (primary N) is 1. The molecule has 2 aromatic rings. The molecule has 10 heteroatoms. The zero-order chi connectivity index (χ0) is 35.5. The van der Waals surface area contributed by atoms with Crippen LogP contribution in [0.15, 0.2) is 54.6 Å². The van der Waals surface area contributed by atoms with Crippen LogP contribution < -0.4 is 11.1 Å². The van der Waals surface area contributed by atoms with Crippen LogP contribution in [0, 0.1) is 29.1 Å². The molecule has 3 fully saturated rings. The van der Waals surface area contributed by atoms with Gasteiger partial charge in [-0.25, -0.2) is 8.42 Å². The minimum absolute atomic E-state index is 0.00686. The summed E-state index contributed by atoms with van der Waals surface area (Å²) in [5.41, 5.74) is 7.87. The summed E-state index contributed by atoms with van der Waals surface area (Å²) in [4.78, 5) is 42.4. The zero-order valence-electron chi connectivity index (χ0n) is 29.5. The van der Waals surface area contributed by atoms with Gasteiger partial charge in [0, 0.05) is 31.0 Å². The first kappa shape index (κ1) is 37.7. The van der Waals surface area contributed by atoms with E-state index in [4.69, 9.17) is 11.1 Å². The Labute approximate surface area is 298 Å². The maximum atomic E-state index is 14.1. The third-order valence-corrected chi connectivity index (χ3v) is 12.7. The van der Waals surface area contributed by atoms with Crippen LogP contribution in [-0.4, -0.2) is 61.6 Å². The molecular formula is C40H56N4O5S. The van der Waals surface area contributed by atoms with Gasteiger partial charge in [0.2, 0.25) is 11.8 Å². The van der Waals surface area contributed by atoms with Gasteiger partial charge >= 0.3 is 0 Å². The van der Waals surface area contributed by atoms with Crippen LogP contribution in [0.25, 0.3) is 0 Å². The van der Waals surface area contributed by atoms with Crippen LogP contribution in [0.3, 0.4) is 0 Å². The van der Waals surface area contributed by atoms with Gasteiger partial charge in [-0.2, -0.15) is 0 Å². The number of hydrogen-bond acceptors (Lipinski definition) is 6. The van der Waals surface area contributed by atoms with Crippen molar-refractivity contribution in [3.8, 4) is 0 Å². The number of piperidine rings is 1. The quantitative estimate of drug-likeness (QED) is 0.128. The van der Waals surface area contributed by atoms with E-state index >= 15 is 0 Å². The van der Waals surface area contributed by atoms with Crippen molar-refractivity contribution >= 4 is 33.3 Å². The van der Waals surface area contributed by atoms with E-state index in [1.807, 2.05) is 35.2 Å². The first-order valence-corrected chi connectivity index (χ1v) is 20.7. The number of nitrogens with one attached hydrogen (secondary N) is 2. The summed E-state index contributed by atoms with van der Waals surface area (Å²) >= 11 is 0. The lowest BCUT2D eigenvalue weighted by molar-refractivity contribution is -0.134. The molecule has 1 aliphatic heterocycles. The van der Waals surface area contributed by atoms with E-state index in [-0.39, 0.29) is 47.3 Å². The predicted octanol–water partition coefficient (Wildman–Crippen LogP) is 5.98. The number of hydrogen-bond donors (Lipinski definition) is 3. The Bertz CT molecular complexity index is 1540. The number of carbonyl (C=O) groups excluding carboxylic acids is 3. The molecule has 2 atom stereocenters. The molecule has 0 spiro atoms. The molecular weight excluding hydrogens is 649 g/mol. The number of sulfone groups is 1. The highest BCUT2D eigenvalue weighted by Gasteiger charge is 2.36. The fourth-order valence-corrected chi connectivity index (χ4v) is 9.47. The molecule has 3 aliphatic rings. The van der Waals surface area contributed by atoms with E-state index in [0.717, 1.165) is 63.6 Å². The Hall–Kier alpha value is -3.53. The fourth-order valence-electron chi connectivity index (χ4n) is 7.73. The minimum atomic E-state index is -3.62. The Morgan fingerprint density at radius 1 is 0.820 bits per heavy atom. The molecule has 0 aromatic heterocycles. The van der Waals surface area contributed by atoms with Gasteiger partial charge in [-0.1, -0.05) is 86.7 Å². The molecule has 1 saturated heterocycles. The number of nitrogen functional groups attached to an aromatic ring is 1. The molecule has 9 nitrogen and oxygen atoms in total. The van der Waals surface area contributed by atoms with Crippen molar-refractivity contribution in [3.05, 3.63) is 71.3 Å². The molecule has 0 unspecified atom stereocenters. The van der Waals surface area contributed by atoms with Crippen LogP contribution in [0.2, 0.25) is 0 Å². The summed E-state index contributed by atoms with van der Waals surface area (Å²) in [5, 5.41) is 10.7.